The predicted molar refractivity (Wildman–Crippen MR) is 62.6 cm³/mol. The summed E-state index contributed by atoms with van der Waals surface area (Å²) in [6.07, 6.45) is -0.528. The average molecular weight is 268 g/mol. The van der Waals surface area contributed by atoms with Crippen molar-refractivity contribution in [2.75, 3.05) is 13.1 Å². The maximum absolute atomic E-state index is 11.4. The molecule has 4 N–H and O–H groups in total. The van der Waals surface area contributed by atoms with Gasteiger partial charge in [0.05, 0.1) is 12.0 Å². The van der Waals surface area contributed by atoms with Crippen LogP contribution in [0.1, 0.15) is 27.2 Å². The van der Waals surface area contributed by atoms with Crippen LogP contribution in [0.2, 0.25) is 0 Å². The third-order valence-electron chi connectivity index (χ3n) is 1.86. The highest BCUT2D eigenvalue weighted by Crippen LogP contribution is 2.07. The fourth-order valence-electron chi connectivity index (χ4n) is 0.966. The Balaban J connectivity index is 4.21. The monoisotopic (exact) mass is 268 g/mol. The fraction of sp³-hybridized carbons (Fsp3) is 0.889. The van der Waals surface area contributed by atoms with Gasteiger partial charge in [-0.25, -0.2) is 4.72 Å². The molecule has 1 atom stereocenters. The molecule has 0 bridgehead atoms. The van der Waals surface area contributed by atoms with Crippen LogP contribution in [-0.4, -0.2) is 43.3 Å². The lowest BCUT2D eigenvalue weighted by atomic mass is 10.0. The van der Waals surface area contributed by atoms with E-state index < -0.39 is 28.2 Å². The normalized spacial score (nSPS) is 15.8. The van der Waals surface area contributed by atoms with Crippen molar-refractivity contribution in [3.63, 3.8) is 0 Å². The van der Waals surface area contributed by atoms with Crippen LogP contribution in [-0.2, 0) is 15.0 Å². The van der Waals surface area contributed by atoms with Gasteiger partial charge in [0.25, 0.3) is 10.2 Å². The quantitative estimate of drug-likeness (QED) is 0.464. The van der Waals surface area contributed by atoms with Gasteiger partial charge in [0, 0.05) is 13.1 Å². The van der Waals surface area contributed by atoms with Crippen molar-refractivity contribution in [1.82, 2.24) is 9.44 Å². The topological polar surface area (TPSA) is 116 Å². The van der Waals surface area contributed by atoms with Crippen LogP contribution in [0, 0.1) is 5.92 Å². The van der Waals surface area contributed by atoms with E-state index in [0.29, 0.717) is 0 Å². The van der Waals surface area contributed by atoms with Gasteiger partial charge in [-0.3, -0.25) is 4.79 Å². The third kappa shape index (κ3) is 9.04. The van der Waals surface area contributed by atoms with Crippen LogP contribution in [0.15, 0.2) is 0 Å². The Morgan fingerprint density at radius 3 is 2.29 bits per heavy atom. The largest absolute Gasteiger partial charge is 0.481 e. The molecule has 0 aromatic rings. The first-order chi connectivity index (χ1) is 7.54. The molecule has 0 heterocycles. The number of carboxylic acid groups (broad SMARTS) is 1. The van der Waals surface area contributed by atoms with Gasteiger partial charge in [-0.15, -0.1) is 0 Å². The molecule has 0 aliphatic heterocycles. The van der Waals surface area contributed by atoms with E-state index in [9.17, 15) is 18.3 Å². The van der Waals surface area contributed by atoms with E-state index in [1.807, 2.05) is 13.8 Å². The molecule has 0 saturated carbocycles. The van der Waals surface area contributed by atoms with Crippen molar-refractivity contribution in [3.8, 4) is 0 Å². The molecule has 1 unspecified atom stereocenters. The van der Waals surface area contributed by atoms with E-state index in [1.165, 1.54) is 6.92 Å². The number of carboxylic acids is 1. The van der Waals surface area contributed by atoms with Crippen molar-refractivity contribution < 1.29 is 23.4 Å². The fourth-order valence-corrected chi connectivity index (χ4v) is 2.12. The predicted octanol–water partition coefficient (Wildman–Crippen LogP) is -0.708. The lowest BCUT2D eigenvalue weighted by Crippen LogP contribution is -2.46. The lowest BCUT2D eigenvalue weighted by molar-refractivity contribution is -0.141. The first-order valence-corrected chi connectivity index (χ1v) is 6.71. The molecule has 0 saturated heterocycles. The molecule has 0 aliphatic carbocycles. The number of rotatable bonds is 8. The summed E-state index contributed by atoms with van der Waals surface area (Å²) in [5.41, 5.74) is -1.61. The summed E-state index contributed by atoms with van der Waals surface area (Å²) in [6, 6.07) is 0. The standard InChI is InChI=1S/C9H20N2O5S/c1-7(2)5-10-17(15,16)11-6-9(3,14)4-8(12)13/h7,10-11,14H,4-6H2,1-3H3,(H,12,13). The van der Waals surface area contributed by atoms with Gasteiger partial charge >= 0.3 is 5.97 Å². The SMILES string of the molecule is CC(C)CNS(=O)(=O)NCC(C)(O)CC(=O)O. The number of hydrogen-bond acceptors (Lipinski definition) is 4. The second-order valence-electron chi connectivity index (χ2n) is 4.63. The molecule has 102 valence electrons. The minimum absolute atomic E-state index is 0.158. The van der Waals surface area contributed by atoms with E-state index >= 15 is 0 Å². The molecule has 0 aromatic carbocycles. The summed E-state index contributed by atoms with van der Waals surface area (Å²) in [7, 11) is -3.70. The molecule has 0 radical (unpaired) electrons. The lowest BCUT2D eigenvalue weighted by Gasteiger charge is -2.21. The van der Waals surface area contributed by atoms with Crippen LogP contribution in [0.3, 0.4) is 0 Å². The maximum Gasteiger partial charge on any atom is 0.306 e. The first-order valence-electron chi connectivity index (χ1n) is 5.22. The van der Waals surface area contributed by atoms with E-state index in [1.54, 1.807) is 0 Å². The van der Waals surface area contributed by atoms with Gasteiger partial charge in [0.1, 0.15) is 0 Å². The molecular weight excluding hydrogens is 248 g/mol. The minimum Gasteiger partial charge on any atom is -0.481 e. The second kappa shape index (κ2) is 6.29. The van der Waals surface area contributed by atoms with Crippen molar-refractivity contribution in [1.29, 1.82) is 0 Å². The molecule has 0 amide bonds. The molecule has 7 nitrogen and oxygen atoms in total. The molecule has 0 aromatic heterocycles. The molecule has 0 fully saturated rings. The van der Waals surface area contributed by atoms with Crippen LogP contribution >= 0.6 is 0 Å². The van der Waals surface area contributed by atoms with Gasteiger partial charge in [-0.05, 0) is 12.8 Å². The summed E-state index contributed by atoms with van der Waals surface area (Å²) in [5.74, 6) is -1.03. The number of carbonyl (C=O) groups is 1. The van der Waals surface area contributed by atoms with Gasteiger partial charge < -0.3 is 10.2 Å². The van der Waals surface area contributed by atoms with Gasteiger partial charge in [-0.2, -0.15) is 13.1 Å². The Morgan fingerprint density at radius 1 is 1.35 bits per heavy atom. The zero-order valence-electron chi connectivity index (χ0n) is 10.2. The highest BCUT2D eigenvalue weighted by atomic mass is 32.2. The Labute approximate surface area is 101 Å². The Kier molecular flexibility index (Phi) is 6.03. The molecular formula is C9H20N2O5S. The Hall–Kier alpha value is -0.700. The van der Waals surface area contributed by atoms with E-state index in [0.717, 1.165) is 0 Å². The van der Waals surface area contributed by atoms with E-state index in [4.69, 9.17) is 5.11 Å². The second-order valence-corrected chi connectivity index (χ2v) is 6.22. The third-order valence-corrected chi connectivity index (χ3v) is 2.93. The van der Waals surface area contributed by atoms with Crippen LogP contribution in [0.4, 0.5) is 0 Å². The zero-order valence-corrected chi connectivity index (χ0v) is 11.0. The smallest absolute Gasteiger partial charge is 0.306 e. The van der Waals surface area contributed by atoms with Crippen molar-refractivity contribution in [2.24, 2.45) is 5.92 Å². The van der Waals surface area contributed by atoms with Crippen molar-refractivity contribution in [3.05, 3.63) is 0 Å². The summed E-state index contributed by atoms with van der Waals surface area (Å²) < 4.78 is 27.2. The number of aliphatic carboxylic acids is 1. The molecule has 17 heavy (non-hydrogen) atoms. The average Bonchev–Trinajstić information content (AvgIpc) is 2.10. The van der Waals surface area contributed by atoms with Gasteiger partial charge in [-0.1, -0.05) is 13.8 Å². The first kappa shape index (κ1) is 16.3. The Morgan fingerprint density at radius 2 is 1.88 bits per heavy atom. The Bertz CT molecular complexity index is 350. The molecule has 8 heteroatoms. The van der Waals surface area contributed by atoms with Gasteiger partial charge in [0.2, 0.25) is 0 Å². The summed E-state index contributed by atoms with van der Waals surface area (Å²) in [5, 5.41) is 18.1. The molecule has 0 aliphatic rings. The summed E-state index contributed by atoms with van der Waals surface area (Å²) >= 11 is 0. The highest BCUT2D eigenvalue weighted by Gasteiger charge is 2.26. The minimum atomic E-state index is -3.70. The van der Waals surface area contributed by atoms with E-state index in [-0.39, 0.29) is 19.0 Å². The van der Waals surface area contributed by atoms with Crippen molar-refractivity contribution in [2.45, 2.75) is 32.8 Å². The number of nitrogens with one attached hydrogen (secondary N) is 2. The number of hydrogen-bond donors (Lipinski definition) is 4. The maximum atomic E-state index is 11.4. The molecule has 0 rings (SSSR count). The van der Waals surface area contributed by atoms with Crippen LogP contribution < -0.4 is 9.44 Å². The number of aliphatic hydroxyl groups is 1. The highest BCUT2D eigenvalue weighted by molar-refractivity contribution is 7.87. The van der Waals surface area contributed by atoms with E-state index in [2.05, 4.69) is 9.44 Å². The van der Waals surface area contributed by atoms with Crippen LogP contribution in [0.5, 0.6) is 0 Å². The molecule has 0 spiro atoms. The zero-order chi connectivity index (χ0) is 13.7. The van der Waals surface area contributed by atoms with Crippen molar-refractivity contribution >= 4 is 16.2 Å². The van der Waals surface area contributed by atoms with Crippen LogP contribution in [0.25, 0.3) is 0 Å². The van der Waals surface area contributed by atoms with Gasteiger partial charge in [0.15, 0.2) is 0 Å². The summed E-state index contributed by atoms with van der Waals surface area (Å²) in [6.45, 7) is 4.88. The summed E-state index contributed by atoms with van der Waals surface area (Å²) in [4.78, 5) is 10.4.